The van der Waals surface area contributed by atoms with Gasteiger partial charge in [-0.25, -0.2) is 0 Å². The standard InChI is InChI=1S/C5H13N3/c1-5(6)8-3-2-7-4-8/h5,7H,2-4,6H2,1H3. The van der Waals surface area contributed by atoms with Crippen LogP contribution in [0.2, 0.25) is 0 Å². The number of nitrogens with one attached hydrogen (secondary N) is 1. The van der Waals surface area contributed by atoms with E-state index in [1.807, 2.05) is 6.92 Å². The van der Waals surface area contributed by atoms with Crippen molar-refractivity contribution in [1.29, 1.82) is 0 Å². The van der Waals surface area contributed by atoms with Crippen LogP contribution in [-0.2, 0) is 0 Å². The van der Waals surface area contributed by atoms with Crippen LogP contribution in [0, 0.1) is 0 Å². The van der Waals surface area contributed by atoms with Crippen molar-refractivity contribution in [3.63, 3.8) is 0 Å². The SMILES string of the molecule is CC(N)N1CCNC1. The van der Waals surface area contributed by atoms with Crippen molar-refractivity contribution in [2.45, 2.75) is 13.1 Å². The lowest BCUT2D eigenvalue weighted by molar-refractivity contribution is 0.262. The number of hydrogen-bond acceptors (Lipinski definition) is 3. The molecule has 3 heteroatoms. The van der Waals surface area contributed by atoms with E-state index in [2.05, 4.69) is 10.2 Å². The highest BCUT2D eigenvalue weighted by Crippen LogP contribution is 1.93. The third-order valence-corrected chi connectivity index (χ3v) is 1.47. The van der Waals surface area contributed by atoms with Crippen molar-refractivity contribution in [2.24, 2.45) is 5.73 Å². The van der Waals surface area contributed by atoms with E-state index in [9.17, 15) is 0 Å². The highest BCUT2D eigenvalue weighted by molar-refractivity contribution is 4.67. The quantitative estimate of drug-likeness (QED) is 0.468. The van der Waals surface area contributed by atoms with Gasteiger partial charge < -0.3 is 11.1 Å². The second kappa shape index (κ2) is 2.44. The summed E-state index contributed by atoms with van der Waals surface area (Å²) in [6.45, 7) is 5.14. The van der Waals surface area contributed by atoms with Crippen molar-refractivity contribution in [3.8, 4) is 0 Å². The average molecular weight is 115 g/mol. The van der Waals surface area contributed by atoms with Gasteiger partial charge in [-0.3, -0.25) is 4.90 Å². The van der Waals surface area contributed by atoms with Crippen LogP contribution < -0.4 is 11.1 Å². The molecule has 1 fully saturated rings. The van der Waals surface area contributed by atoms with Crippen LogP contribution in [0.5, 0.6) is 0 Å². The Morgan fingerprint density at radius 1 is 1.75 bits per heavy atom. The van der Waals surface area contributed by atoms with Gasteiger partial charge in [-0.05, 0) is 6.92 Å². The molecule has 0 aliphatic carbocycles. The van der Waals surface area contributed by atoms with E-state index in [1.165, 1.54) is 0 Å². The molecule has 0 aromatic carbocycles. The Bertz CT molecular complexity index is 66.1. The van der Waals surface area contributed by atoms with Crippen molar-refractivity contribution >= 4 is 0 Å². The van der Waals surface area contributed by atoms with Crippen LogP contribution in [0.1, 0.15) is 6.92 Å². The van der Waals surface area contributed by atoms with Gasteiger partial charge in [0.05, 0.1) is 6.17 Å². The maximum atomic E-state index is 5.58. The molecule has 0 aromatic rings. The molecule has 0 radical (unpaired) electrons. The molecule has 0 saturated carbocycles. The number of rotatable bonds is 1. The highest BCUT2D eigenvalue weighted by Gasteiger charge is 2.12. The molecule has 1 aliphatic heterocycles. The van der Waals surface area contributed by atoms with E-state index in [0.29, 0.717) is 0 Å². The molecule has 1 rings (SSSR count). The van der Waals surface area contributed by atoms with Crippen LogP contribution in [0.15, 0.2) is 0 Å². The van der Waals surface area contributed by atoms with E-state index in [4.69, 9.17) is 5.73 Å². The fourth-order valence-corrected chi connectivity index (χ4v) is 0.872. The summed E-state index contributed by atoms with van der Waals surface area (Å²) in [7, 11) is 0. The Balaban J connectivity index is 2.24. The zero-order chi connectivity index (χ0) is 5.98. The summed E-state index contributed by atoms with van der Waals surface area (Å²) in [5.41, 5.74) is 5.58. The number of hydrogen-bond donors (Lipinski definition) is 2. The molecule has 0 amide bonds. The smallest absolute Gasteiger partial charge is 0.0554 e. The van der Waals surface area contributed by atoms with Gasteiger partial charge in [-0.2, -0.15) is 0 Å². The summed E-state index contributed by atoms with van der Waals surface area (Å²) >= 11 is 0. The van der Waals surface area contributed by atoms with Crippen LogP contribution in [0.3, 0.4) is 0 Å². The molecule has 3 nitrogen and oxygen atoms in total. The van der Waals surface area contributed by atoms with E-state index < -0.39 is 0 Å². The zero-order valence-electron chi connectivity index (χ0n) is 5.22. The fourth-order valence-electron chi connectivity index (χ4n) is 0.872. The topological polar surface area (TPSA) is 41.3 Å². The number of nitrogens with two attached hydrogens (primary N) is 1. The van der Waals surface area contributed by atoms with Crippen LogP contribution in [-0.4, -0.2) is 30.8 Å². The molecular weight excluding hydrogens is 102 g/mol. The van der Waals surface area contributed by atoms with Gasteiger partial charge in [0.15, 0.2) is 0 Å². The normalized spacial score (nSPS) is 26.2. The second-order valence-electron chi connectivity index (χ2n) is 2.21. The third kappa shape index (κ3) is 1.18. The lowest BCUT2D eigenvalue weighted by Crippen LogP contribution is -2.38. The Kier molecular flexibility index (Phi) is 1.83. The third-order valence-electron chi connectivity index (χ3n) is 1.47. The molecule has 1 unspecified atom stereocenters. The minimum atomic E-state index is 0.213. The van der Waals surface area contributed by atoms with E-state index in [0.717, 1.165) is 19.8 Å². The molecule has 48 valence electrons. The van der Waals surface area contributed by atoms with Gasteiger partial charge in [0.1, 0.15) is 0 Å². The lowest BCUT2D eigenvalue weighted by Gasteiger charge is -2.17. The summed E-state index contributed by atoms with van der Waals surface area (Å²) in [6, 6.07) is 0. The van der Waals surface area contributed by atoms with Gasteiger partial charge in [0, 0.05) is 19.8 Å². The minimum absolute atomic E-state index is 0.213. The van der Waals surface area contributed by atoms with Crippen LogP contribution in [0.25, 0.3) is 0 Å². The Morgan fingerprint density at radius 3 is 2.75 bits per heavy atom. The van der Waals surface area contributed by atoms with E-state index in [-0.39, 0.29) is 6.17 Å². The summed E-state index contributed by atoms with van der Waals surface area (Å²) < 4.78 is 0. The lowest BCUT2D eigenvalue weighted by atomic mass is 10.5. The van der Waals surface area contributed by atoms with Crippen molar-refractivity contribution in [3.05, 3.63) is 0 Å². The minimum Gasteiger partial charge on any atom is -0.316 e. The zero-order valence-corrected chi connectivity index (χ0v) is 5.22. The Labute approximate surface area is 49.8 Å². The van der Waals surface area contributed by atoms with Gasteiger partial charge >= 0.3 is 0 Å². The largest absolute Gasteiger partial charge is 0.316 e. The van der Waals surface area contributed by atoms with Crippen molar-refractivity contribution < 1.29 is 0 Å². The molecule has 3 N–H and O–H groups in total. The molecule has 1 heterocycles. The van der Waals surface area contributed by atoms with Gasteiger partial charge in [0.2, 0.25) is 0 Å². The molecule has 1 aliphatic rings. The van der Waals surface area contributed by atoms with Crippen LogP contribution >= 0.6 is 0 Å². The number of nitrogens with zero attached hydrogens (tertiary/aromatic N) is 1. The van der Waals surface area contributed by atoms with Gasteiger partial charge in [0.25, 0.3) is 0 Å². The van der Waals surface area contributed by atoms with E-state index in [1.54, 1.807) is 0 Å². The molecular formula is C5H13N3. The summed E-state index contributed by atoms with van der Waals surface area (Å²) in [5.74, 6) is 0. The first-order valence-corrected chi connectivity index (χ1v) is 3.01. The molecule has 1 saturated heterocycles. The second-order valence-corrected chi connectivity index (χ2v) is 2.21. The van der Waals surface area contributed by atoms with Crippen molar-refractivity contribution in [1.82, 2.24) is 10.2 Å². The Morgan fingerprint density at radius 2 is 2.50 bits per heavy atom. The van der Waals surface area contributed by atoms with E-state index >= 15 is 0 Å². The van der Waals surface area contributed by atoms with Crippen LogP contribution in [0.4, 0.5) is 0 Å². The van der Waals surface area contributed by atoms with Crippen molar-refractivity contribution in [2.75, 3.05) is 19.8 Å². The maximum absolute atomic E-state index is 5.58. The molecule has 0 bridgehead atoms. The highest BCUT2D eigenvalue weighted by atomic mass is 15.3. The Hall–Kier alpha value is -0.120. The summed E-state index contributed by atoms with van der Waals surface area (Å²) in [5, 5.41) is 3.20. The molecule has 8 heavy (non-hydrogen) atoms. The molecule has 1 atom stereocenters. The van der Waals surface area contributed by atoms with Gasteiger partial charge in [-0.1, -0.05) is 0 Å². The first-order chi connectivity index (χ1) is 3.80. The predicted octanol–water partition coefficient (Wildman–Crippen LogP) is -0.846. The predicted molar refractivity (Wildman–Crippen MR) is 33.2 cm³/mol. The maximum Gasteiger partial charge on any atom is 0.0554 e. The first kappa shape index (κ1) is 6.01. The summed E-state index contributed by atoms with van der Waals surface area (Å²) in [4.78, 5) is 2.19. The molecule has 0 aromatic heterocycles. The monoisotopic (exact) mass is 115 g/mol. The average Bonchev–Trinajstić information content (AvgIpc) is 2.12. The summed E-state index contributed by atoms with van der Waals surface area (Å²) in [6.07, 6.45) is 0.213. The fraction of sp³-hybridized carbons (Fsp3) is 1.00. The first-order valence-electron chi connectivity index (χ1n) is 3.01. The molecule has 0 spiro atoms. The van der Waals surface area contributed by atoms with Gasteiger partial charge in [-0.15, -0.1) is 0 Å².